The smallest absolute Gasteiger partial charge is 0.357 e. The zero-order valence-electron chi connectivity index (χ0n) is 20.1. The molecule has 0 fully saturated rings. The van der Waals surface area contributed by atoms with Crippen molar-refractivity contribution in [2.45, 2.75) is 46.6 Å². The molecule has 0 spiro atoms. The first-order valence-corrected chi connectivity index (χ1v) is 11.1. The first-order valence-electron chi connectivity index (χ1n) is 11.1. The fraction of sp³-hybridized carbons (Fsp3) is 0.308. The molecule has 173 valence electrons. The standard InChI is InChI=1S/C26H28N2O5.Na/c1-4-6-11-22-27-23(26(32)33-5-2)17(3)24(29)28(22)16-18-12-14-19(15-13-18)20-9-7-8-10-21(20)25(30)31;/h7-10,12-15H,4-6,11,16H2,1-3H3,(H,30,31);. The minimum Gasteiger partial charge on any atom is -0.478 e. The molecule has 0 saturated carbocycles. The maximum atomic E-state index is 13.1. The van der Waals surface area contributed by atoms with E-state index in [9.17, 15) is 19.5 Å². The Balaban J connectivity index is 0.00000408. The molecule has 0 saturated heterocycles. The van der Waals surface area contributed by atoms with Crippen molar-refractivity contribution < 1.29 is 19.4 Å². The summed E-state index contributed by atoms with van der Waals surface area (Å²) in [6.07, 6.45) is 2.33. The largest absolute Gasteiger partial charge is 0.478 e. The van der Waals surface area contributed by atoms with E-state index in [1.807, 2.05) is 24.3 Å². The van der Waals surface area contributed by atoms with Gasteiger partial charge in [-0.05, 0) is 43.0 Å². The molecule has 3 rings (SSSR count). The van der Waals surface area contributed by atoms with Gasteiger partial charge in [0.05, 0.1) is 18.7 Å². The van der Waals surface area contributed by atoms with Gasteiger partial charge in [0.25, 0.3) is 5.56 Å². The number of carboxylic acids is 1. The summed E-state index contributed by atoms with van der Waals surface area (Å²) in [5.41, 5.74) is 2.59. The third-order valence-electron chi connectivity index (χ3n) is 5.46. The monoisotopic (exact) mass is 471 g/mol. The van der Waals surface area contributed by atoms with Crippen molar-refractivity contribution in [1.29, 1.82) is 0 Å². The molecule has 0 atom stereocenters. The Labute approximate surface area is 221 Å². The third kappa shape index (κ3) is 6.23. The number of unbranched alkanes of at least 4 members (excludes halogenated alkanes) is 1. The summed E-state index contributed by atoms with van der Waals surface area (Å²) >= 11 is 0. The van der Waals surface area contributed by atoms with Gasteiger partial charge in [0.2, 0.25) is 0 Å². The van der Waals surface area contributed by atoms with Gasteiger partial charge in [-0.25, -0.2) is 14.6 Å². The van der Waals surface area contributed by atoms with Crippen LogP contribution in [0.2, 0.25) is 0 Å². The number of hydrogen-bond donors (Lipinski definition) is 1. The van der Waals surface area contributed by atoms with Gasteiger partial charge in [0.15, 0.2) is 5.69 Å². The number of rotatable bonds is 9. The normalized spacial score (nSPS) is 10.4. The van der Waals surface area contributed by atoms with Gasteiger partial charge < -0.3 is 9.84 Å². The van der Waals surface area contributed by atoms with Crippen LogP contribution in [0.1, 0.15) is 64.5 Å². The van der Waals surface area contributed by atoms with Gasteiger partial charge in [-0.15, -0.1) is 0 Å². The predicted molar refractivity (Wildman–Crippen MR) is 131 cm³/mol. The van der Waals surface area contributed by atoms with Crippen LogP contribution in [0.4, 0.5) is 0 Å². The van der Waals surface area contributed by atoms with Crippen molar-refractivity contribution in [2.24, 2.45) is 0 Å². The molecule has 7 nitrogen and oxygen atoms in total. The van der Waals surface area contributed by atoms with E-state index in [2.05, 4.69) is 11.9 Å². The first kappa shape index (κ1) is 27.5. The van der Waals surface area contributed by atoms with E-state index in [0.29, 0.717) is 24.4 Å². The predicted octanol–water partition coefficient (Wildman–Crippen LogP) is 4.10. The second-order valence-electron chi connectivity index (χ2n) is 7.76. The molecule has 1 heterocycles. The number of hydrogen-bond acceptors (Lipinski definition) is 5. The minimum atomic E-state index is -0.981. The molecule has 0 aliphatic carbocycles. The van der Waals surface area contributed by atoms with Crippen LogP contribution in [-0.4, -0.2) is 62.8 Å². The summed E-state index contributed by atoms with van der Waals surface area (Å²) < 4.78 is 6.68. The average Bonchev–Trinajstić information content (AvgIpc) is 2.82. The van der Waals surface area contributed by atoms with Crippen LogP contribution in [0.15, 0.2) is 53.3 Å². The molecule has 2 aromatic carbocycles. The van der Waals surface area contributed by atoms with Crippen LogP contribution >= 0.6 is 0 Å². The maximum absolute atomic E-state index is 13.1. The number of carboxylic acid groups (broad SMARTS) is 1. The molecule has 1 aromatic heterocycles. The summed E-state index contributed by atoms with van der Waals surface area (Å²) in [4.78, 5) is 41.5. The molecule has 8 heteroatoms. The maximum Gasteiger partial charge on any atom is 0.357 e. The van der Waals surface area contributed by atoms with Gasteiger partial charge in [0, 0.05) is 41.5 Å². The van der Waals surface area contributed by atoms with Crippen LogP contribution in [0.5, 0.6) is 0 Å². The van der Waals surface area contributed by atoms with Gasteiger partial charge in [0.1, 0.15) is 5.82 Å². The Hall–Kier alpha value is -2.74. The molecule has 0 amide bonds. The SMILES string of the molecule is CCCCc1nc(C(=O)OCC)c(C)c(=O)n1Cc1ccc(-c2ccccc2C(=O)O)cc1.[Na]. The number of aromatic carboxylic acids is 1. The Morgan fingerprint density at radius 2 is 1.74 bits per heavy atom. The fourth-order valence-corrected chi connectivity index (χ4v) is 3.67. The average molecular weight is 472 g/mol. The van der Waals surface area contributed by atoms with E-state index in [-0.39, 0.29) is 58.5 Å². The number of aryl methyl sites for hydroxylation is 1. The van der Waals surface area contributed by atoms with Gasteiger partial charge in [-0.3, -0.25) is 9.36 Å². The molecule has 1 radical (unpaired) electrons. The van der Waals surface area contributed by atoms with E-state index < -0.39 is 11.9 Å². The van der Waals surface area contributed by atoms with Crippen LogP contribution in [0.25, 0.3) is 11.1 Å². The molecule has 0 aliphatic rings. The third-order valence-corrected chi connectivity index (χ3v) is 5.46. The molecular weight excluding hydrogens is 443 g/mol. The number of nitrogens with zero attached hydrogens (tertiary/aromatic N) is 2. The van der Waals surface area contributed by atoms with E-state index >= 15 is 0 Å². The van der Waals surface area contributed by atoms with Crippen molar-refractivity contribution in [3.63, 3.8) is 0 Å². The van der Waals surface area contributed by atoms with E-state index in [1.165, 1.54) is 0 Å². The summed E-state index contributed by atoms with van der Waals surface area (Å²) in [6.45, 7) is 5.87. The summed E-state index contributed by atoms with van der Waals surface area (Å²) in [5, 5.41) is 9.45. The molecular formula is C26H28N2NaO5. The van der Waals surface area contributed by atoms with E-state index in [1.54, 1.807) is 42.7 Å². The Bertz CT molecular complexity index is 1220. The zero-order chi connectivity index (χ0) is 24.0. The van der Waals surface area contributed by atoms with Gasteiger partial charge >= 0.3 is 11.9 Å². The topological polar surface area (TPSA) is 98.5 Å². The molecule has 3 aromatic rings. The van der Waals surface area contributed by atoms with Gasteiger partial charge in [-0.2, -0.15) is 0 Å². The van der Waals surface area contributed by atoms with Crippen LogP contribution in [0.3, 0.4) is 0 Å². The van der Waals surface area contributed by atoms with Crippen molar-refractivity contribution in [3.8, 4) is 11.1 Å². The molecule has 0 bridgehead atoms. The Morgan fingerprint density at radius 3 is 2.35 bits per heavy atom. The number of ether oxygens (including phenoxy) is 1. The van der Waals surface area contributed by atoms with Crippen LogP contribution in [0, 0.1) is 6.92 Å². The second kappa shape index (κ2) is 12.6. The number of carbonyl (C=O) groups excluding carboxylic acids is 1. The number of carbonyl (C=O) groups is 2. The molecule has 0 unspecified atom stereocenters. The van der Waals surface area contributed by atoms with E-state index in [4.69, 9.17) is 4.74 Å². The number of aromatic nitrogens is 2. The molecule has 34 heavy (non-hydrogen) atoms. The first-order chi connectivity index (χ1) is 15.9. The van der Waals surface area contributed by atoms with Crippen molar-refractivity contribution >= 4 is 41.5 Å². The summed E-state index contributed by atoms with van der Waals surface area (Å²) in [5.74, 6) is -1.01. The Kier molecular flexibility index (Phi) is 10.2. The van der Waals surface area contributed by atoms with Gasteiger partial charge in [-0.1, -0.05) is 55.8 Å². The second-order valence-corrected chi connectivity index (χ2v) is 7.76. The Morgan fingerprint density at radius 1 is 1.06 bits per heavy atom. The summed E-state index contributed by atoms with van der Waals surface area (Å²) in [7, 11) is 0. The minimum absolute atomic E-state index is 0. The van der Waals surface area contributed by atoms with Crippen molar-refractivity contribution in [2.75, 3.05) is 6.61 Å². The van der Waals surface area contributed by atoms with Crippen LogP contribution < -0.4 is 5.56 Å². The summed E-state index contributed by atoms with van der Waals surface area (Å²) in [6, 6.07) is 14.3. The zero-order valence-corrected chi connectivity index (χ0v) is 22.1. The van der Waals surface area contributed by atoms with Crippen molar-refractivity contribution in [3.05, 3.63) is 87.1 Å². The molecule has 0 aliphatic heterocycles. The van der Waals surface area contributed by atoms with Crippen LogP contribution in [-0.2, 0) is 17.7 Å². The molecule has 1 N–H and O–H groups in total. The number of esters is 1. The fourth-order valence-electron chi connectivity index (χ4n) is 3.67. The van der Waals surface area contributed by atoms with Crippen molar-refractivity contribution in [1.82, 2.24) is 9.55 Å². The van der Waals surface area contributed by atoms with E-state index in [0.717, 1.165) is 24.0 Å². The quantitative estimate of drug-likeness (QED) is 0.373. The number of benzene rings is 2.